The van der Waals surface area contributed by atoms with Crippen molar-refractivity contribution in [1.82, 2.24) is 4.98 Å². The number of carbonyl (C=O) groups is 1. The molecule has 0 unspecified atom stereocenters. The minimum atomic E-state index is -0.285. The average Bonchev–Trinajstić information content (AvgIpc) is 3.23. The first-order valence-corrected chi connectivity index (χ1v) is 10.7. The maximum Gasteiger partial charge on any atom is 0.257 e. The topological polar surface area (TPSA) is 54.5 Å². The third-order valence-electron chi connectivity index (χ3n) is 4.58. The number of rotatable bonds is 4. The first-order valence-electron chi connectivity index (χ1n) is 9.05. The quantitative estimate of drug-likeness (QED) is 0.659. The number of aromatic nitrogens is 1. The predicted octanol–water partition coefficient (Wildman–Crippen LogP) is 5.30. The Balaban J connectivity index is 1.57. The molecule has 2 aliphatic heterocycles. The Labute approximate surface area is 178 Å². The van der Waals surface area contributed by atoms with Gasteiger partial charge < -0.3 is 14.4 Å². The molecule has 1 saturated heterocycles. The summed E-state index contributed by atoms with van der Waals surface area (Å²) in [6.07, 6.45) is 5.49. The van der Waals surface area contributed by atoms with Gasteiger partial charge in [0.1, 0.15) is 5.82 Å². The van der Waals surface area contributed by atoms with E-state index in [4.69, 9.17) is 27.9 Å². The van der Waals surface area contributed by atoms with Gasteiger partial charge >= 0.3 is 0 Å². The van der Waals surface area contributed by atoms with Crippen LogP contribution in [0.4, 0.5) is 11.5 Å². The second-order valence-electron chi connectivity index (χ2n) is 6.55. The molecule has 1 aromatic heterocycles. The monoisotopic (exact) mass is 435 g/mol. The van der Waals surface area contributed by atoms with Crippen LogP contribution in [-0.2, 0) is 4.74 Å². The van der Waals surface area contributed by atoms with E-state index in [0.717, 1.165) is 36.5 Å². The zero-order chi connectivity index (χ0) is 19.5. The molecular formula is C20H19Cl2N3O2S. The molecule has 0 radical (unpaired) electrons. The van der Waals surface area contributed by atoms with Crippen molar-refractivity contribution in [1.29, 1.82) is 0 Å². The van der Waals surface area contributed by atoms with Gasteiger partial charge in [0, 0.05) is 29.2 Å². The second kappa shape index (κ2) is 8.74. The number of hydrogen-bond donors (Lipinski definition) is 1. The van der Waals surface area contributed by atoms with E-state index in [1.54, 1.807) is 24.1 Å². The number of hydrogen-bond acceptors (Lipinski definition) is 5. The summed E-state index contributed by atoms with van der Waals surface area (Å²) in [7, 11) is 0. The van der Waals surface area contributed by atoms with Gasteiger partial charge in [-0.2, -0.15) is 0 Å². The lowest BCUT2D eigenvalue weighted by atomic mass is 10.0. The van der Waals surface area contributed by atoms with Crippen molar-refractivity contribution in [3.8, 4) is 0 Å². The van der Waals surface area contributed by atoms with Crippen molar-refractivity contribution in [2.45, 2.75) is 12.8 Å². The molecule has 2 aromatic rings. The van der Waals surface area contributed by atoms with Gasteiger partial charge in [0.2, 0.25) is 0 Å². The summed E-state index contributed by atoms with van der Waals surface area (Å²) >= 11 is 14.2. The standard InChI is InChI=1S/C20H19Cl2N3O2S/c21-15-8-14(13-2-5-27-6-3-13)9-16(10-15)24-20(26)17-11-19(23-12-18(17)22)25-4-1-7-28-25/h2,8-12H,1,3-7H2,(H,24,26). The van der Waals surface area contributed by atoms with Crippen LogP contribution in [0.1, 0.15) is 28.8 Å². The summed E-state index contributed by atoms with van der Waals surface area (Å²) in [5.41, 5.74) is 3.18. The van der Waals surface area contributed by atoms with Crippen LogP contribution < -0.4 is 9.62 Å². The van der Waals surface area contributed by atoms with E-state index in [-0.39, 0.29) is 5.91 Å². The Bertz CT molecular complexity index is 930. The molecule has 3 heterocycles. The lowest BCUT2D eigenvalue weighted by molar-refractivity contribution is 0.102. The lowest BCUT2D eigenvalue weighted by Gasteiger charge is -2.17. The van der Waals surface area contributed by atoms with Crippen molar-refractivity contribution in [3.05, 3.63) is 57.7 Å². The summed E-state index contributed by atoms with van der Waals surface area (Å²) in [6.45, 7) is 2.19. The zero-order valence-electron chi connectivity index (χ0n) is 15.1. The molecule has 1 fully saturated rings. The van der Waals surface area contributed by atoms with E-state index < -0.39 is 0 Å². The molecule has 8 heteroatoms. The number of carbonyl (C=O) groups excluding carboxylic acids is 1. The molecule has 4 rings (SSSR count). The van der Waals surface area contributed by atoms with Gasteiger partial charge in [0.05, 0.1) is 23.8 Å². The highest BCUT2D eigenvalue weighted by atomic mass is 35.5. The van der Waals surface area contributed by atoms with Crippen LogP contribution in [0, 0.1) is 0 Å². The molecule has 5 nitrogen and oxygen atoms in total. The van der Waals surface area contributed by atoms with Crippen molar-refractivity contribution in [2.75, 3.05) is 35.1 Å². The molecule has 1 aromatic carbocycles. The highest BCUT2D eigenvalue weighted by Gasteiger charge is 2.19. The van der Waals surface area contributed by atoms with Crippen LogP contribution in [0.25, 0.3) is 5.57 Å². The Morgan fingerprint density at radius 1 is 1.25 bits per heavy atom. The number of anilines is 2. The number of amides is 1. The van der Waals surface area contributed by atoms with E-state index in [1.807, 2.05) is 18.2 Å². The van der Waals surface area contributed by atoms with Crippen LogP contribution >= 0.6 is 35.1 Å². The smallest absolute Gasteiger partial charge is 0.257 e. The number of halogens is 2. The largest absolute Gasteiger partial charge is 0.377 e. The first kappa shape index (κ1) is 19.6. The van der Waals surface area contributed by atoms with Gasteiger partial charge in [0.25, 0.3) is 5.91 Å². The molecule has 0 bridgehead atoms. The number of ether oxygens (including phenoxy) is 1. The summed E-state index contributed by atoms with van der Waals surface area (Å²) in [4.78, 5) is 17.2. The van der Waals surface area contributed by atoms with Gasteiger partial charge in [-0.15, -0.1) is 0 Å². The average molecular weight is 436 g/mol. The van der Waals surface area contributed by atoms with Crippen molar-refractivity contribution < 1.29 is 9.53 Å². The molecule has 28 heavy (non-hydrogen) atoms. The predicted molar refractivity (Wildman–Crippen MR) is 116 cm³/mol. The maximum absolute atomic E-state index is 12.9. The molecule has 0 spiro atoms. The number of pyridine rings is 1. The Kier molecular flexibility index (Phi) is 6.11. The third kappa shape index (κ3) is 4.46. The maximum atomic E-state index is 12.9. The fourth-order valence-corrected chi connectivity index (χ4v) is 4.59. The summed E-state index contributed by atoms with van der Waals surface area (Å²) in [5.74, 6) is 1.51. The SMILES string of the molecule is O=C(Nc1cc(Cl)cc(C2=CCOCC2)c1)c1cc(N2CCCS2)ncc1Cl. The Morgan fingerprint density at radius 2 is 2.14 bits per heavy atom. The minimum Gasteiger partial charge on any atom is -0.377 e. The molecule has 1 amide bonds. The lowest BCUT2D eigenvalue weighted by Crippen LogP contribution is -2.16. The highest BCUT2D eigenvalue weighted by molar-refractivity contribution is 8.00. The molecule has 2 aliphatic rings. The van der Waals surface area contributed by atoms with E-state index in [1.165, 1.54) is 11.8 Å². The minimum absolute atomic E-state index is 0.285. The normalized spacial score (nSPS) is 16.8. The van der Waals surface area contributed by atoms with Crippen LogP contribution in [0.15, 0.2) is 36.5 Å². The number of benzene rings is 1. The van der Waals surface area contributed by atoms with E-state index in [0.29, 0.717) is 34.5 Å². The van der Waals surface area contributed by atoms with Crippen LogP contribution in [0.2, 0.25) is 10.0 Å². The van der Waals surface area contributed by atoms with Gasteiger partial charge in [-0.3, -0.25) is 4.79 Å². The third-order valence-corrected chi connectivity index (χ3v) is 6.26. The first-order chi connectivity index (χ1) is 13.6. The fourth-order valence-electron chi connectivity index (χ4n) is 3.20. The van der Waals surface area contributed by atoms with Crippen molar-refractivity contribution in [2.24, 2.45) is 0 Å². The van der Waals surface area contributed by atoms with Gasteiger partial charge in [0.15, 0.2) is 0 Å². The van der Waals surface area contributed by atoms with Crippen molar-refractivity contribution in [3.63, 3.8) is 0 Å². The van der Waals surface area contributed by atoms with Gasteiger partial charge in [-0.1, -0.05) is 29.3 Å². The van der Waals surface area contributed by atoms with Gasteiger partial charge in [-0.25, -0.2) is 4.98 Å². The van der Waals surface area contributed by atoms with E-state index >= 15 is 0 Å². The Morgan fingerprint density at radius 3 is 2.89 bits per heavy atom. The summed E-state index contributed by atoms with van der Waals surface area (Å²) < 4.78 is 7.45. The van der Waals surface area contributed by atoms with Gasteiger partial charge in [-0.05, 0) is 60.2 Å². The van der Waals surface area contributed by atoms with E-state index in [9.17, 15) is 4.79 Å². The molecule has 0 aliphatic carbocycles. The molecular weight excluding hydrogens is 417 g/mol. The number of nitrogens with zero attached hydrogens (tertiary/aromatic N) is 2. The summed E-state index contributed by atoms with van der Waals surface area (Å²) in [6, 6.07) is 7.29. The van der Waals surface area contributed by atoms with E-state index in [2.05, 4.69) is 14.6 Å². The van der Waals surface area contributed by atoms with Crippen LogP contribution in [0.3, 0.4) is 0 Å². The summed E-state index contributed by atoms with van der Waals surface area (Å²) in [5, 5.41) is 3.80. The van der Waals surface area contributed by atoms with Crippen LogP contribution in [-0.4, -0.2) is 36.4 Å². The zero-order valence-corrected chi connectivity index (χ0v) is 17.4. The Hall–Kier alpha value is -1.73. The highest BCUT2D eigenvalue weighted by Crippen LogP contribution is 2.31. The molecule has 1 N–H and O–H groups in total. The van der Waals surface area contributed by atoms with Crippen LogP contribution in [0.5, 0.6) is 0 Å². The molecule has 146 valence electrons. The molecule has 0 atom stereocenters. The van der Waals surface area contributed by atoms with Crippen molar-refractivity contribution >= 4 is 58.1 Å². The number of nitrogens with one attached hydrogen (secondary N) is 1. The molecule has 0 saturated carbocycles. The second-order valence-corrected chi connectivity index (χ2v) is 8.50. The fraction of sp³-hybridized carbons (Fsp3) is 0.300.